The Morgan fingerprint density at radius 2 is 2.04 bits per heavy atom. The molecule has 1 aromatic heterocycles. The molecule has 0 saturated heterocycles. The molecule has 0 aliphatic heterocycles. The van der Waals surface area contributed by atoms with E-state index in [0.717, 1.165) is 11.8 Å². The van der Waals surface area contributed by atoms with E-state index in [4.69, 9.17) is 21.7 Å². The third-order valence-corrected chi connectivity index (χ3v) is 3.35. The Balaban J connectivity index is 1.96. The highest BCUT2D eigenvalue weighted by Gasteiger charge is 2.12. The van der Waals surface area contributed by atoms with Crippen LogP contribution in [0.3, 0.4) is 0 Å². The normalized spacial score (nSPS) is 10.4. The Kier molecular flexibility index (Phi) is 5.76. The van der Waals surface area contributed by atoms with Crippen molar-refractivity contribution in [3.05, 3.63) is 52.6 Å². The van der Waals surface area contributed by atoms with Crippen molar-refractivity contribution < 1.29 is 13.9 Å². The molecule has 0 saturated carbocycles. The summed E-state index contributed by atoms with van der Waals surface area (Å²) in [7, 11) is 0. The van der Waals surface area contributed by atoms with Gasteiger partial charge in [-0.2, -0.15) is 4.98 Å². The topological polar surface area (TPSA) is 75.9 Å². The van der Waals surface area contributed by atoms with Gasteiger partial charge in [-0.3, -0.25) is 4.79 Å². The molecule has 0 radical (unpaired) electrons. The zero-order valence-electron chi connectivity index (χ0n) is 12.5. The monoisotopic (exact) mass is 335 g/mol. The summed E-state index contributed by atoms with van der Waals surface area (Å²) >= 11 is 5.81. The number of carbonyl (C=O) groups excluding carboxylic acids is 1. The predicted octanol–water partition coefficient (Wildman–Crippen LogP) is 3.04. The second kappa shape index (κ2) is 7.78. The zero-order valence-corrected chi connectivity index (χ0v) is 13.2. The standard InChI is InChI=1S/C16H15ClFN3O2/c1-10(22)14(19)8-15-13(18)9-20-16(21-15)23-7-6-11-2-4-12(17)5-3-11/h2-5,9,19H,6-8H2,1H3. The lowest BCUT2D eigenvalue weighted by atomic mass is 10.1. The van der Waals surface area contributed by atoms with E-state index in [1.807, 2.05) is 12.1 Å². The minimum absolute atomic E-state index is 0.0201. The first-order valence-electron chi connectivity index (χ1n) is 6.92. The molecular formula is C16H15ClFN3O2. The Morgan fingerprint density at radius 3 is 2.70 bits per heavy atom. The average molecular weight is 336 g/mol. The molecular weight excluding hydrogens is 321 g/mol. The molecule has 1 N–H and O–H groups in total. The minimum atomic E-state index is -0.666. The Labute approximate surface area is 138 Å². The van der Waals surface area contributed by atoms with Crippen molar-refractivity contribution in [2.75, 3.05) is 6.61 Å². The first kappa shape index (κ1) is 17.0. The summed E-state index contributed by atoms with van der Waals surface area (Å²) in [5.41, 5.74) is 0.798. The summed E-state index contributed by atoms with van der Waals surface area (Å²) in [6.07, 6.45) is 1.42. The number of ether oxygens (including phenoxy) is 1. The number of nitrogens with zero attached hydrogens (tertiary/aromatic N) is 2. The minimum Gasteiger partial charge on any atom is -0.463 e. The Morgan fingerprint density at radius 1 is 1.35 bits per heavy atom. The first-order valence-corrected chi connectivity index (χ1v) is 7.30. The van der Waals surface area contributed by atoms with Gasteiger partial charge in [-0.05, 0) is 17.7 Å². The van der Waals surface area contributed by atoms with E-state index in [0.29, 0.717) is 18.1 Å². The summed E-state index contributed by atoms with van der Waals surface area (Å²) in [6, 6.07) is 7.37. The van der Waals surface area contributed by atoms with Gasteiger partial charge >= 0.3 is 6.01 Å². The molecule has 1 heterocycles. The lowest BCUT2D eigenvalue weighted by Crippen LogP contribution is -2.15. The lowest BCUT2D eigenvalue weighted by molar-refractivity contribution is -0.111. The maximum Gasteiger partial charge on any atom is 0.316 e. The van der Waals surface area contributed by atoms with E-state index in [9.17, 15) is 9.18 Å². The van der Waals surface area contributed by atoms with Crippen LogP contribution in [0, 0.1) is 11.2 Å². The molecule has 120 valence electrons. The largest absolute Gasteiger partial charge is 0.463 e. The molecule has 0 spiro atoms. The summed E-state index contributed by atoms with van der Waals surface area (Å²) in [6.45, 7) is 1.57. The number of aromatic nitrogens is 2. The van der Waals surface area contributed by atoms with Gasteiger partial charge < -0.3 is 10.1 Å². The number of rotatable bonds is 7. The molecule has 0 bridgehead atoms. The number of carbonyl (C=O) groups is 1. The molecule has 2 rings (SSSR count). The number of benzene rings is 1. The maximum absolute atomic E-state index is 13.6. The van der Waals surface area contributed by atoms with E-state index in [-0.39, 0.29) is 23.8 Å². The fraction of sp³-hybridized carbons (Fsp3) is 0.250. The van der Waals surface area contributed by atoms with Gasteiger partial charge in [-0.15, -0.1) is 0 Å². The van der Waals surface area contributed by atoms with Gasteiger partial charge in [0.25, 0.3) is 0 Å². The SMILES string of the molecule is CC(=O)C(=N)Cc1nc(OCCc2ccc(Cl)cc2)ncc1F. The van der Waals surface area contributed by atoms with Gasteiger partial charge in [0.15, 0.2) is 11.6 Å². The smallest absolute Gasteiger partial charge is 0.316 e. The summed E-state index contributed by atoms with van der Waals surface area (Å²) in [5, 5.41) is 8.15. The highest BCUT2D eigenvalue weighted by Crippen LogP contribution is 2.12. The van der Waals surface area contributed by atoms with Crippen molar-refractivity contribution in [1.82, 2.24) is 9.97 Å². The van der Waals surface area contributed by atoms with E-state index in [1.54, 1.807) is 12.1 Å². The second-order valence-electron chi connectivity index (χ2n) is 4.88. The van der Waals surface area contributed by atoms with Crippen molar-refractivity contribution in [2.45, 2.75) is 19.8 Å². The average Bonchev–Trinajstić information content (AvgIpc) is 2.52. The van der Waals surface area contributed by atoms with Crippen LogP contribution in [0.25, 0.3) is 0 Å². The molecule has 23 heavy (non-hydrogen) atoms. The summed E-state index contributed by atoms with van der Waals surface area (Å²) < 4.78 is 19.0. The summed E-state index contributed by atoms with van der Waals surface area (Å²) in [4.78, 5) is 18.7. The number of nitrogens with one attached hydrogen (secondary N) is 1. The van der Waals surface area contributed by atoms with Crippen LogP contribution in [0.5, 0.6) is 6.01 Å². The van der Waals surface area contributed by atoms with Gasteiger partial charge in [0.05, 0.1) is 24.2 Å². The van der Waals surface area contributed by atoms with Crippen LogP contribution in [0.15, 0.2) is 30.5 Å². The molecule has 2 aromatic rings. The van der Waals surface area contributed by atoms with Crippen LogP contribution in [-0.2, 0) is 17.6 Å². The van der Waals surface area contributed by atoms with Crippen LogP contribution in [0.4, 0.5) is 4.39 Å². The van der Waals surface area contributed by atoms with Crippen LogP contribution < -0.4 is 4.74 Å². The highest BCUT2D eigenvalue weighted by molar-refractivity contribution is 6.38. The van der Waals surface area contributed by atoms with E-state index in [1.165, 1.54) is 6.92 Å². The summed E-state index contributed by atoms with van der Waals surface area (Å²) in [5.74, 6) is -1.09. The fourth-order valence-corrected chi connectivity index (χ4v) is 1.91. The van der Waals surface area contributed by atoms with Gasteiger partial charge in [0.1, 0.15) is 0 Å². The van der Waals surface area contributed by atoms with Crippen LogP contribution in [0.2, 0.25) is 5.02 Å². The molecule has 5 nitrogen and oxygen atoms in total. The van der Waals surface area contributed by atoms with Gasteiger partial charge in [0, 0.05) is 24.8 Å². The molecule has 1 aromatic carbocycles. The van der Waals surface area contributed by atoms with Crippen molar-refractivity contribution >= 4 is 23.1 Å². The fourth-order valence-electron chi connectivity index (χ4n) is 1.78. The molecule has 0 amide bonds. The third-order valence-electron chi connectivity index (χ3n) is 3.10. The van der Waals surface area contributed by atoms with Gasteiger partial charge in [-0.1, -0.05) is 23.7 Å². The zero-order chi connectivity index (χ0) is 16.8. The van der Waals surface area contributed by atoms with Crippen LogP contribution in [0.1, 0.15) is 18.2 Å². The van der Waals surface area contributed by atoms with Crippen molar-refractivity contribution in [2.24, 2.45) is 0 Å². The molecule has 0 atom stereocenters. The number of ketones is 1. The van der Waals surface area contributed by atoms with Crippen LogP contribution >= 0.6 is 11.6 Å². The maximum atomic E-state index is 13.6. The molecule has 0 aliphatic carbocycles. The second-order valence-corrected chi connectivity index (χ2v) is 5.32. The predicted molar refractivity (Wildman–Crippen MR) is 84.8 cm³/mol. The van der Waals surface area contributed by atoms with E-state index in [2.05, 4.69) is 9.97 Å². The number of Topliss-reactive ketones (excluding diaryl/α,β-unsaturated/α-hetero) is 1. The van der Waals surface area contributed by atoms with Crippen LogP contribution in [-0.4, -0.2) is 28.1 Å². The Hall–Kier alpha value is -2.34. The number of hydrogen-bond acceptors (Lipinski definition) is 5. The van der Waals surface area contributed by atoms with E-state index >= 15 is 0 Å². The molecule has 7 heteroatoms. The molecule has 0 fully saturated rings. The van der Waals surface area contributed by atoms with Gasteiger partial charge in [0.2, 0.25) is 0 Å². The lowest BCUT2D eigenvalue weighted by Gasteiger charge is -2.07. The van der Waals surface area contributed by atoms with Crippen molar-refractivity contribution in [3.63, 3.8) is 0 Å². The van der Waals surface area contributed by atoms with Crippen molar-refractivity contribution in [1.29, 1.82) is 5.41 Å². The van der Waals surface area contributed by atoms with Gasteiger partial charge in [-0.25, -0.2) is 9.37 Å². The Bertz CT molecular complexity index is 720. The van der Waals surface area contributed by atoms with E-state index < -0.39 is 11.6 Å². The van der Waals surface area contributed by atoms with Crippen molar-refractivity contribution in [3.8, 4) is 6.01 Å². The molecule has 0 unspecified atom stereocenters. The molecule has 0 aliphatic rings. The number of hydrogen-bond donors (Lipinski definition) is 1. The quantitative estimate of drug-likeness (QED) is 0.789. The first-order chi connectivity index (χ1) is 11.0. The highest BCUT2D eigenvalue weighted by atomic mass is 35.5. The third kappa shape index (κ3) is 5.10. The number of halogens is 2.